The lowest BCUT2D eigenvalue weighted by atomic mass is 10.2. The zero-order valence-electron chi connectivity index (χ0n) is 11.7. The van der Waals surface area contributed by atoms with E-state index in [4.69, 9.17) is 4.74 Å². The molecule has 0 unspecified atom stereocenters. The lowest BCUT2D eigenvalue weighted by molar-refractivity contribution is 0.415. The maximum atomic E-state index is 11.9. The monoisotopic (exact) mass is 315 g/mol. The molecule has 3 rings (SSSR count). The second-order valence-corrected chi connectivity index (χ2v) is 6.13. The summed E-state index contributed by atoms with van der Waals surface area (Å²) in [6, 6.07) is 13.9. The van der Waals surface area contributed by atoms with Gasteiger partial charge in [0.25, 0.3) is 10.0 Å². The van der Waals surface area contributed by atoms with E-state index < -0.39 is 10.0 Å². The summed E-state index contributed by atoms with van der Waals surface area (Å²) >= 11 is 0. The van der Waals surface area contributed by atoms with Gasteiger partial charge in [0.2, 0.25) is 0 Å². The van der Waals surface area contributed by atoms with Gasteiger partial charge in [-0.3, -0.25) is 5.43 Å². The Morgan fingerprint density at radius 1 is 1.14 bits per heavy atom. The van der Waals surface area contributed by atoms with E-state index in [1.165, 1.54) is 6.07 Å². The third kappa shape index (κ3) is 2.71. The summed E-state index contributed by atoms with van der Waals surface area (Å²) < 4.78 is 32.5. The van der Waals surface area contributed by atoms with E-state index in [0.29, 0.717) is 5.56 Å². The van der Waals surface area contributed by atoms with Gasteiger partial charge in [0.15, 0.2) is 5.84 Å². The Morgan fingerprint density at radius 3 is 2.59 bits per heavy atom. The van der Waals surface area contributed by atoms with Crippen LogP contribution in [0.15, 0.2) is 62.9 Å². The standard InChI is InChI=1S/C15H13N3O3S/c1-21-12-8-6-11(7-9-12)10-16-17-15-13-4-2-3-5-14(13)22(19,20)18-15/h2-10H,1H3,(H,17,18)/b16-10-. The highest BCUT2D eigenvalue weighted by atomic mass is 32.2. The largest absolute Gasteiger partial charge is 0.497 e. The first kappa shape index (κ1) is 14.3. The van der Waals surface area contributed by atoms with E-state index >= 15 is 0 Å². The molecular weight excluding hydrogens is 302 g/mol. The number of amidine groups is 1. The van der Waals surface area contributed by atoms with Crippen LogP contribution in [0.4, 0.5) is 0 Å². The average Bonchev–Trinajstić information content (AvgIpc) is 2.80. The van der Waals surface area contributed by atoms with Crippen molar-refractivity contribution in [3.05, 3.63) is 59.7 Å². The van der Waals surface area contributed by atoms with E-state index in [2.05, 4.69) is 14.9 Å². The Morgan fingerprint density at radius 2 is 1.86 bits per heavy atom. The molecule has 1 heterocycles. The maximum Gasteiger partial charge on any atom is 0.285 e. The molecule has 2 aromatic carbocycles. The highest BCUT2D eigenvalue weighted by Crippen LogP contribution is 2.24. The van der Waals surface area contributed by atoms with Crippen LogP contribution >= 0.6 is 0 Å². The van der Waals surface area contributed by atoms with E-state index in [0.717, 1.165) is 11.3 Å². The zero-order chi connectivity index (χ0) is 15.6. The lowest BCUT2D eigenvalue weighted by Gasteiger charge is -2.01. The van der Waals surface area contributed by atoms with Crippen LogP contribution < -0.4 is 10.2 Å². The molecule has 0 bridgehead atoms. The SMILES string of the molecule is COc1ccc(/C=N\NC2=NS(=O)(=O)c3ccccc32)cc1. The first-order valence-corrected chi connectivity index (χ1v) is 7.92. The van der Waals surface area contributed by atoms with E-state index in [1.807, 2.05) is 24.3 Å². The van der Waals surface area contributed by atoms with Crippen LogP contribution in [0.1, 0.15) is 11.1 Å². The molecule has 0 fully saturated rings. The molecule has 1 aliphatic rings. The number of rotatable bonds is 3. The van der Waals surface area contributed by atoms with Gasteiger partial charge in [-0.15, -0.1) is 4.40 Å². The summed E-state index contributed by atoms with van der Waals surface area (Å²) in [5.74, 6) is 0.977. The zero-order valence-corrected chi connectivity index (χ0v) is 12.5. The molecule has 6 nitrogen and oxygen atoms in total. The van der Waals surface area contributed by atoms with Gasteiger partial charge in [0.1, 0.15) is 10.6 Å². The average molecular weight is 315 g/mol. The minimum Gasteiger partial charge on any atom is -0.497 e. The fraction of sp³-hybridized carbons (Fsp3) is 0.0667. The second-order valence-electron chi connectivity index (χ2n) is 4.55. The molecule has 1 aliphatic heterocycles. The highest BCUT2D eigenvalue weighted by molar-refractivity contribution is 7.90. The summed E-state index contributed by atoms with van der Waals surface area (Å²) in [4.78, 5) is 0.192. The van der Waals surface area contributed by atoms with Gasteiger partial charge in [0.05, 0.1) is 13.3 Å². The van der Waals surface area contributed by atoms with E-state index in [-0.39, 0.29) is 10.7 Å². The summed E-state index contributed by atoms with van der Waals surface area (Å²) in [5.41, 5.74) is 4.05. The van der Waals surface area contributed by atoms with Gasteiger partial charge in [-0.05, 0) is 42.0 Å². The number of hydrazone groups is 1. The third-order valence-corrected chi connectivity index (χ3v) is 4.47. The summed E-state index contributed by atoms with van der Waals surface area (Å²) in [6.07, 6.45) is 1.58. The van der Waals surface area contributed by atoms with Crippen LogP contribution in [-0.4, -0.2) is 27.6 Å². The van der Waals surface area contributed by atoms with Gasteiger partial charge in [-0.2, -0.15) is 13.5 Å². The minimum absolute atomic E-state index is 0.192. The third-order valence-electron chi connectivity index (χ3n) is 3.13. The maximum absolute atomic E-state index is 11.9. The van der Waals surface area contributed by atoms with E-state index in [1.54, 1.807) is 31.5 Å². The summed E-state index contributed by atoms with van der Waals surface area (Å²) in [7, 11) is -2.03. The van der Waals surface area contributed by atoms with Crippen LogP contribution in [0, 0.1) is 0 Å². The Bertz CT molecular complexity index is 856. The number of fused-ring (bicyclic) bond motifs is 1. The van der Waals surface area contributed by atoms with Gasteiger partial charge < -0.3 is 4.74 Å². The normalized spacial score (nSPS) is 15.4. The number of benzene rings is 2. The predicted molar refractivity (Wildman–Crippen MR) is 83.9 cm³/mol. The number of hydrogen-bond donors (Lipinski definition) is 1. The molecule has 0 aliphatic carbocycles. The quantitative estimate of drug-likeness (QED) is 0.691. The molecule has 0 spiro atoms. The first-order valence-electron chi connectivity index (χ1n) is 6.48. The van der Waals surface area contributed by atoms with Gasteiger partial charge in [0, 0.05) is 5.56 Å². The van der Waals surface area contributed by atoms with Crippen molar-refractivity contribution in [2.24, 2.45) is 9.50 Å². The molecule has 0 atom stereocenters. The van der Waals surface area contributed by atoms with E-state index in [9.17, 15) is 8.42 Å². The second kappa shape index (κ2) is 5.61. The Balaban J connectivity index is 1.78. The van der Waals surface area contributed by atoms with Gasteiger partial charge in [-0.25, -0.2) is 0 Å². The van der Waals surface area contributed by atoms with Crippen LogP contribution in [-0.2, 0) is 10.0 Å². The minimum atomic E-state index is -3.62. The van der Waals surface area contributed by atoms with Crippen molar-refractivity contribution in [2.75, 3.05) is 7.11 Å². The Hall–Kier alpha value is -2.67. The van der Waals surface area contributed by atoms with Crippen molar-refractivity contribution >= 4 is 22.1 Å². The molecule has 0 amide bonds. The number of ether oxygens (including phenoxy) is 1. The number of nitrogens with zero attached hydrogens (tertiary/aromatic N) is 2. The van der Waals surface area contributed by atoms with Crippen LogP contribution in [0.5, 0.6) is 5.75 Å². The predicted octanol–water partition coefficient (Wildman–Crippen LogP) is 1.77. The first-order chi connectivity index (χ1) is 10.6. The van der Waals surface area contributed by atoms with Gasteiger partial charge in [-0.1, -0.05) is 12.1 Å². The number of nitrogens with one attached hydrogen (secondary N) is 1. The number of hydrogen-bond acceptors (Lipinski definition) is 5. The topological polar surface area (TPSA) is 80.1 Å². The van der Waals surface area contributed by atoms with Crippen molar-refractivity contribution in [1.82, 2.24) is 5.43 Å². The summed E-state index contributed by atoms with van der Waals surface area (Å²) in [5, 5.41) is 4.03. The van der Waals surface area contributed by atoms with Crippen molar-refractivity contribution in [2.45, 2.75) is 4.90 Å². The van der Waals surface area contributed by atoms with Gasteiger partial charge >= 0.3 is 0 Å². The fourth-order valence-corrected chi connectivity index (χ4v) is 3.22. The number of sulfonamides is 1. The Labute approximate surface area is 128 Å². The fourth-order valence-electron chi connectivity index (χ4n) is 2.04. The van der Waals surface area contributed by atoms with Crippen molar-refractivity contribution in [3.8, 4) is 5.75 Å². The van der Waals surface area contributed by atoms with Crippen LogP contribution in [0.25, 0.3) is 0 Å². The molecule has 0 aromatic heterocycles. The highest BCUT2D eigenvalue weighted by Gasteiger charge is 2.28. The molecule has 0 radical (unpaired) electrons. The molecule has 1 N–H and O–H groups in total. The molecular formula is C15H13N3O3S. The van der Waals surface area contributed by atoms with Crippen molar-refractivity contribution in [1.29, 1.82) is 0 Å². The van der Waals surface area contributed by atoms with Crippen molar-refractivity contribution in [3.63, 3.8) is 0 Å². The number of methoxy groups -OCH3 is 1. The molecule has 2 aromatic rings. The van der Waals surface area contributed by atoms with Crippen LogP contribution in [0.2, 0.25) is 0 Å². The lowest BCUT2D eigenvalue weighted by Crippen LogP contribution is -2.17. The molecule has 0 saturated heterocycles. The van der Waals surface area contributed by atoms with Crippen molar-refractivity contribution < 1.29 is 13.2 Å². The Kier molecular flexibility index (Phi) is 3.64. The summed E-state index contributed by atoms with van der Waals surface area (Å²) in [6.45, 7) is 0. The molecule has 7 heteroatoms. The molecule has 112 valence electrons. The molecule has 0 saturated carbocycles. The smallest absolute Gasteiger partial charge is 0.285 e. The molecule has 22 heavy (non-hydrogen) atoms. The van der Waals surface area contributed by atoms with Crippen LogP contribution in [0.3, 0.4) is 0 Å².